The van der Waals surface area contributed by atoms with Gasteiger partial charge < -0.3 is 14.8 Å². The third-order valence-corrected chi connectivity index (χ3v) is 4.99. The monoisotopic (exact) mass is 359 g/mol. The minimum absolute atomic E-state index is 0.0312. The number of methoxy groups -OCH3 is 2. The molecule has 0 fully saturated rings. The van der Waals surface area contributed by atoms with Gasteiger partial charge in [-0.25, -0.2) is 4.98 Å². The van der Waals surface area contributed by atoms with Crippen LogP contribution in [0.25, 0.3) is 4.96 Å². The van der Waals surface area contributed by atoms with E-state index in [1.54, 1.807) is 25.3 Å². The molecule has 0 saturated heterocycles. The Morgan fingerprint density at radius 3 is 2.68 bits per heavy atom. The first-order chi connectivity index (χ1) is 12.0. The Balaban J connectivity index is 2.00. The van der Waals surface area contributed by atoms with Crippen LogP contribution in [0.2, 0.25) is 0 Å². The summed E-state index contributed by atoms with van der Waals surface area (Å²) in [5, 5.41) is 2.69. The topological polar surface area (TPSA) is 81.9 Å². The Kier molecular flexibility index (Phi) is 4.45. The first kappa shape index (κ1) is 17.0. The van der Waals surface area contributed by atoms with Crippen molar-refractivity contribution < 1.29 is 14.3 Å². The Morgan fingerprint density at radius 1 is 1.24 bits per heavy atom. The molecule has 1 aromatic carbocycles. The van der Waals surface area contributed by atoms with E-state index < -0.39 is 11.5 Å². The van der Waals surface area contributed by atoms with E-state index in [0.29, 0.717) is 22.1 Å². The number of benzene rings is 1. The molecule has 1 amide bonds. The highest BCUT2D eigenvalue weighted by Gasteiger charge is 2.18. The Bertz CT molecular complexity index is 1020. The number of aryl methyl sites for hydroxylation is 2. The van der Waals surface area contributed by atoms with E-state index in [9.17, 15) is 9.59 Å². The van der Waals surface area contributed by atoms with Crippen molar-refractivity contribution in [3.63, 3.8) is 0 Å². The maximum absolute atomic E-state index is 12.7. The molecule has 0 aliphatic heterocycles. The van der Waals surface area contributed by atoms with Crippen LogP contribution in [0.5, 0.6) is 11.5 Å². The molecule has 2 heterocycles. The SMILES string of the molecule is COc1ccc(NC(=O)c2cnc3sc(C)c(C)n3c2=O)c(OC)c1. The number of hydrogen-bond donors (Lipinski definition) is 1. The van der Waals surface area contributed by atoms with Crippen molar-refractivity contribution in [1.29, 1.82) is 0 Å². The lowest BCUT2D eigenvalue weighted by atomic mass is 10.2. The summed E-state index contributed by atoms with van der Waals surface area (Å²) in [7, 11) is 3.03. The van der Waals surface area contributed by atoms with Gasteiger partial charge in [0.25, 0.3) is 11.5 Å². The van der Waals surface area contributed by atoms with Crippen LogP contribution in [0.15, 0.2) is 29.2 Å². The number of anilines is 1. The molecule has 7 nitrogen and oxygen atoms in total. The summed E-state index contributed by atoms with van der Waals surface area (Å²) >= 11 is 1.41. The van der Waals surface area contributed by atoms with Crippen molar-refractivity contribution in [2.24, 2.45) is 0 Å². The molecular formula is C17H17N3O4S. The van der Waals surface area contributed by atoms with Crippen molar-refractivity contribution >= 4 is 27.9 Å². The smallest absolute Gasteiger partial charge is 0.271 e. The molecule has 0 atom stereocenters. The summed E-state index contributed by atoms with van der Waals surface area (Å²) in [6, 6.07) is 4.99. The summed E-state index contributed by atoms with van der Waals surface area (Å²) in [5.41, 5.74) is 0.804. The number of hydrogen-bond acceptors (Lipinski definition) is 6. The van der Waals surface area contributed by atoms with Gasteiger partial charge >= 0.3 is 0 Å². The number of carbonyl (C=O) groups is 1. The highest BCUT2D eigenvalue weighted by atomic mass is 32.1. The fourth-order valence-corrected chi connectivity index (χ4v) is 3.35. The number of nitrogens with zero attached hydrogens (tertiary/aromatic N) is 2. The van der Waals surface area contributed by atoms with Crippen molar-refractivity contribution in [3.05, 3.63) is 50.9 Å². The van der Waals surface area contributed by atoms with Crippen molar-refractivity contribution in [2.45, 2.75) is 13.8 Å². The van der Waals surface area contributed by atoms with E-state index >= 15 is 0 Å². The molecule has 0 spiro atoms. The number of rotatable bonds is 4. The zero-order chi connectivity index (χ0) is 18.1. The van der Waals surface area contributed by atoms with Gasteiger partial charge in [-0.3, -0.25) is 14.0 Å². The van der Waals surface area contributed by atoms with Gasteiger partial charge in [0.05, 0.1) is 19.9 Å². The molecular weight excluding hydrogens is 342 g/mol. The molecule has 8 heteroatoms. The molecule has 0 aliphatic carbocycles. The number of nitrogens with one attached hydrogen (secondary N) is 1. The van der Waals surface area contributed by atoms with Gasteiger partial charge in [-0.1, -0.05) is 0 Å². The number of thiazole rings is 1. The van der Waals surface area contributed by atoms with Crippen LogP contribution < -0.4 is 20.3 Å². The Morgan fingerprint density at radius 2 is 2.00 bits per heavy atom. The van der Waals surface area contributed by atoms with Gasteiger partial charge in [0.15, 0.2) is 4.96 Å². The fraction of sp³-hybridized carbons (Fsp3) is 0.235. The number of ether oxygens (including phenoxy) is 2. The van der Waals surface area contributed by atoms with E-state index in [4.69, 9.17) is 9.47 Å². The molecule has 0 unspecified atom stereocenters. The second-order valence-corrected chi connectivity index (χ2v) is 6.54. The minimum Gasteiger partial charge on any atom is -0.497 e. The Hall–Kier alpha value is -2.87. The van der Waals surface area contributed by atoms with E-state index in [-0.39, 0.29) is 5.56 Å². The largest absolute Gasteiger partial charge is 0.497 e. The third-order valence-electron chi connectivity index (χ3n) is 3.92. The van der Waals surface area contributed by atoms with E-state index in [2.05, 4.69) is 10.3 Å². The average Bonchev–Trinajstić information content (AvgIpc) is 2.90. The summed E-state index contributed by atoms with van der Waals surface area (Å²) in [6.45, 7) is 3.74. The first-order valence-electron chi connectivity index (χ1n) is 7.47. The highest BCUT2D eigenvalue weighted by molar-refractivity contribution is 7.17. The second kappa shape index (κ2) is 6.56. The van der Waals surface area contributed by atoms with Gasteiger partial charge in [0, 0.05) is 22.8 Å². The molecule has 0 radical (unpaired) electrons. The molecule has 25 heavy (non-hydrogen) atoms. The van der Waals surface area contributed by atoms with Crippen molar-refractivity contribution in [2.75, 3.05) is 19.5 Å². The first-order valence-corrected chi connectivity index (χ1v) is 8.29. The molecule has 0 saturated carbocycles. The van der Waals surface area contributed by atoms with Gasteiger partial charge in [-0.15, -0.1) is 11.3 Å². The Labute approximate surface area is 147 Å². The summed E-state index contributed by atoms with van der Waals surface area (Å²) < 4.78 is 11.8. The van der Waals surface area contributed by atoms with Gasteiger partial charge in [-0.2, -0.15) is 0 Å². The van der Waals surface area contributed by atoms with E-state index in [1.165, 1.54) is 29.0 Å². The molecule has 3 aromatic rings. The van der Waals surface area contributed by atoms with Crippen LogP contribution in [-0.2, 0) is 0 Å². The average molecular weight is 359 g/mol. The lowest BCUT2D eigenvalue weighted by Crippen LogP contribution is -2.26. The minimum atomic E-state index is -0.543. The fourth-order valence-electron chi connectivity index (χ4n) is 2.42. The van der Waals surface area contributed by atoms with Crippen LogP contribution in [0.1, 0.15) is 20.9 Å². The van der Waals surface area contributed by atoms with Gasteiger partial charge in [0.1, 0.15) is 17.1 Å². The third kappa shape index (κ3) is 2.96. The predicted molar refractivity (Wildman–Crippen MR) is 96.3 cm³/mol. The number of amides is 1. The van der Waals surface area contributed by atoms with Crippen LogP contribution in [-0.4, -0.2) is 29.5 Å². The number of aromatic nitrogens is 2. The van der Waals surface area contributed by atoms with Gasteiger partial charge in [0.2, 0.25) is 0 Å². The second-order valence-electron chi connectivity index (χ2n) is 5.36. The molecule has 0 aliphatic rings. The number of fused-ring (bicyclic) bond motifs is 1. The summed E-state index contributed by atoms with van der Waals surface area (Å²) in [6.07, 6.45) is 1.30. The standard InChI is InChI=1S/C17H17N3O4S/c1-9-10(2)25-17-18-8-12(16(22)20(9)17)15(21)19-13-6-5-11(23-3)7-14(13)24-4/h5-8H,1-4H3,(H,19,21). The molecule has 2 aromatic heterocycles. The quantitative estimate of drug-likeness (QED) is 0.774. The lowest BCUT2D eigenvalue weighted by Gasteiger charge is -2.11. The van der Waals surface area contributed by atoms with Crippen LogP contribution in [0.3, 0.4) is 0 Å². The highest BCUT2D eigenvalue weighted by Crippen LogP contribution is 2.29. The molecule has 1 N–H and O–H groups in total. The zero-order valence-corrected chi connectivity index (χ0v) is 15.1. The normalized spacial score (nSPS) is 10.7. The van der Waals surface area contributed by atoms with E-state index in [1.807, 2.05) is 13.8 Å². The van der Waals surface area contributed by atoms with Crippen LogP contribution >= 0.6 is 11.3 Å². The lowest BCUT2D eigenvalue weighted by molar-refractivity contribution is 0.102. The van der Waals surface area contributed by atoms with Crippen molar-refractivity contribution in [3.8, 4) is 11.5 Å². The van der Waals surface area contributed by atoms with E-state index in [0.717, 1.165) is 10.6 Å². The maximum atomic E-state index is 12.7. The predicted octanol–water partition coefficient (Wildman–Crippen LogP) is 2.64. The molecule has 0 bridgehead atoms. The van der Waals surface area contributed by atoms with Gasteiger partial charge in [-0.05, 0) is 26.0 Å². The zero-order valence-electron chi connectivity index (χ0n) is 14.2. The number of carbonyl (C=O) groups excluding carboxylic acids is 1. The maximum Gasteiger partial charge on any atom is 0.271 e. The molecule has 130 valence electrons. The van der Waals surface area contributed by atoms with Crippen molar-refractivity contribution in [1.82, 2.24) is 9.38 Å². The van der Waals surface area contributed by atoms with Crippen LogP contribution in [0, 0.1) is 13.8 Å². The summed E-state index contributed by atoms with van der Waals surface area (Å²) in [4.78, 5) is 31.0. The van der Waals surface area contributed by atoms with Crippen LogP contribution in [0.4, 0.5) is 5.69 Å². The molecule has 3 rings (SSSR count). The summed E-state index contributed by atoms with van der Waals surface area (Å²) in [5.74, 6) is 0.491.